The highest BCUT2D eigenvalue weighted by atomic mass is 32.1. The van der Waals surface area contributed by atoms with Crippen molar-refractivity contribution in [3.8, 4) is 22.3 Å². The maximum Gasteiger partial charge on any atom is 0.0474 e. The number of hydrogen-bond donors (Lipinski definition) is 0. The van der Waals surface area contributed by atoms with Gasteiger partial charge in [-0.1, -0.05) is 152 Å². The fraction of sp³-hybridized carbons (Fsp3) is 0. The molecule has 0 aliphatic carbocycles. The molecule has 252 valence electrons. The predicted octanol–water partition coefficient (Wildman–Crippen LogP) is 15.5. The number of anilines is 3. The lowest BCUT2D eigenvalue weighted by Gasteiger charge is -2.27. The molecule has 0 bridgehead atoms. The molecular weight excluding hydrogens is 671 g/mol. The highest BCUT2D eigenvalue weighted by molar-refractivity contribution is 7.26. The molecule has 10 aromatic carbocycles. The average Bonchev–Trinajstić information content (AvgIpc) is 3.62. The molecule has 0 radical (unpaired) electrons. The van der Waals surface area contributed by atoms with Gasteiger partial charge in [0.05, 0.1) is 0 Å². The lowest BCUT2D eigenvalue weighted by atomic mass is 9.90. The third-order valence-electron chi connectivity index (χ3n) is 11.0. The molecule has 0 saturated heterocycles. The Hall–Kier alpha value is -6.74. The monoisotopic (exact) mass is 703 g/mol. The van der Waals surface area contributed by atoms with Gasteiger partial charge in [-0.2, -0.15) is 0 Å². The minimum Gasteiger partial charge on any atom is -0.310 e. The minimum absolute atomic E-state index is 1.11. The summed E-state index contributed by atoms with van der Waals surface area (Å²) in [6, 6.07) is 73.6. The zero-order valence-corrected chi connectivity index (χ0v) is 30.2. The first kappa shape index (κ1) is 30.8. The summed E-state index contributed by atoms with van der Waals surface area (Å²) in [4.78, 5) is 2.44. The van der Waals surface area contributed by atoms with E-state index >= 15 is 0 Å². The van der Waals surface area contributed by atoms with Crippen molar-refractivity contribution in [1.82, 2.24) is 0 Å². The Morgan fingerprint density at radius 2 is 0.889 bits per heavy atom. The van der Waals surface area contributed by atoms with Gasteiger partial charge in [0.15, 0.2) is 0 Å². The summed E-state index contributed by atoms with van der Waals surface area (Å²) in [5.74, 6) is 0. The number of benzene rings is 10. The molecule has 0 aliphatic heterocycles. The first-order chi connectivity index (χ1) is 26.8. The van der Waals surface area contributed by atoms with Crippen LogP contribution in [0.4, 0.5) is 17.1 Å². The van der Waals surface area contributed by atoms with Crippen molar-refractivity contribution < 1.29 is 0 Å². The van der Waals surface area contributed by atoms with Crippen LogP contribution in [0, 0.1) is 0 Å². The SMILES string of the molecule is c1ccc(-c2ccc(N(c3cc(-c4cc5ccccc5c5ccccc45)c4ccccc4c3)c3ccc4sc5c6ccccc6ccc5c4c3)cc2)cc1. The van der Waals surface area contributed by atoms with E-state index < -0.39 is 0 Å². The maximum absolute atomic E-state index is 2.44. The molecule has 1 aromatic heterocycles. The molecule has 0 fully saturated rings. The fourth-order valence-electron chi connectivity index (χ4n) is 8.44. The van der Waals surface area contributed by atoms with Crippen LogP contribution >= 0.6 is 11.3 Å². The number of rotatable bonds is 5. The summed E-state index contributed by atoms with van der Waals surface area (Å²) >= 11 is 1.89. The Kier molecular flexibility index (Phi) is 7.11. The van der Waals surface area contributed by atoms with Crippen LogP contribution in [-0.2, 0) is 0 Å². The Morgan fingerprint density at radius 3 is 1.69 bits per heavy atom. The number of nitrogens with zero attached hydrogens (tertiary/aromatic N) is 1. The van der Waals surface area contributed by atoms with E-state index in [0.717, 1.165) is 17.1 Å². The zero-order chi connectivity index (χ0) is 35.6. The molecular formula is C52H33NS. The molecule has 0 aliphatic rings. The number of thiophene rings is 1. The van der Waals surface area contributed by atoms with Crippen LogP contribution < -0.4 is 4.90 Å². The Bertz CT molecular complexity index is 3210. The Morgan fingerprint density at radius 1 is 0.296 bits per heavy atom. The maximum atomic E-state index is 2.44. The van der Waals surface area contributed by atoms with E-state index in [1.807, 2.05) is 11.3 Å². The van der Waals surface area contributed by atoms with E-state index in [1.165, 1.54) is 85.5 Å². The molecule has 2 heteroatoms. The molecule has 0 atom stereocenters. The van der Waals surface area contributed by atoms with Gasteiger partial charge in [-0.05, 0) is 114 Å². The van der Waals surface area contributed by atoms with E-state index in [4.69, 9.17) is 0 Å². The van der Waals surface area contributed by atoms with Crippen LogP contribution in [0.5, 0.6) is 0 Å². The third-order valence-corrected chi connectivity index (χ3v) is 12.2. The second kappa shape index (κ2) is 12.4. The third kappa shape index (κ3) is 4.99. The molecule has 1 heterocycles. The first-order valence-corrected chi connectivity index (χ1v) is 19.3. The summed E-state index contributed by atoms with van der Waals surface area (Å²) in [7, 11) is 0. The Balaban J connectivity index is 1.17. The summed E-state index contributed by atoms with van der Waals surface area (Å²) < 4.78 is 2.64. The van der Waals surface area contributed by atoms with Crippen molar-refractivity contribution in [3.63, 3.8) is 0 Å². The second-order valence-electron chi connectivity index (χ2n) is 14.1. The van der Waals surface area contributed by atoms with Gasteiger partial charge >= 0.3 is 0 Å². The molecule has 0 N–H and O–H groups in total. The van der Waals surface area contributed by atoms with E-state index in [0.29, 0.717) is 0 Å². The van der Waals surface area contributed by atoms with Crippen LogP contribution in [0.2, 0.25) is 0 Å². The normalized spacial score (nSPS) is 11.7. The van der Waals surface area contributed by atoms with Gasteiger partial charge in [0.2, 0.25) is 0 Å². The van der Waals surface area contributed by atoms with Crippen molar-refractivity contribution >= 4 is 91.7 Å². The van der Waals surface area contributed by atoms with Crippen molar-refractivity contribution in [2.24, 2.45) is 0 Å². The van der Waals surface area contributed by atoms with Crippen LogP contribution in [0.15, 0.2) is 200 Å². The smallest absolute Gasteiger partial charge is 0.0474 e. The van der Waals surface area contributed by atoms with Gasteiger partial charge in [0, 0.05) is 37.2 Å². The molecule has 0 unspecified atom stereocenters. The summed E-state index contributed by atoms with van der Waals surface area (Å²) in [5, 5.41) is 12.7. The standard InChI is InChI=1S/C52H33NS/c1-2-12-34(13-3-1)35-22-25-39(26-23-35)53(40-27-29-51-50(32-40)47-28-24-36-14-4-9-19-44(36)52(47)54-51)41-30-37-15-5-8-18-43(37)49(33-41)48-31-38-16-6-7-17-42(38)45-20-10-11-21-46(45)48/h1-33H. The number of fused-ring (bicyclic) bond motifs is 9. The van der Waals surface area contributed by atoms with E-state index in [9.17, 15) is 0 Å². The van der Waals surface area contributed by atoms with Crippen molar-refractivity contribution in [1.29, 1.82) is 0 Å². The van der Waals surface area contributed by atoms with Gasteiger partial charge in [-0.15, -0.1) is 11.3 Å². The van der Waals surface area contributed by atoms with Gasteiger partial charge in [-0.3, -0.25) is 0 Å². The highest BCUT2D eigenvalue weighted by Crippen LogP contribution is 2.46. The van der Waals surface area contributed by atoms with Crippen molar-refractivity contribution in [2.75, 3.05) is 4.90 Å². The minimum atomic E-state index is 1.11. The van der Waals surface area contributed by atoms with Gasteiger partial charge in [0.1, 0.15) is 0 Å². The molecule has 0 saturated carbocycles. The van der Waals surface area contributed by atoms with Gasteiger partial charge < -0.3 is 4.90 Å². The summed E-state index contributed by atoms with van der Waals surface area (Å²) in [5.41, 5.74) is 8.25. The highest BCUT2D eigenvalue weighted by Gasteiger charge is 2.19. The fourth-order valence-corrected chi connectivity index (χ4v) is 9.65. The molecule has 54 heavy (non-hydrogen) atoms. The second-order valence-corrected chi connectivity index (χ2v) is 15.2. The first-order valence-electron chi connectivity index (χ1n) is 18.5. The van der Waals surface area contributed by atoms with Crippen molar-refractivity contribution in [3.05, 3.63) is 200 Å². The largest absolute Gasteiger partial charge is 0.310 e. The summed E-state index contributed by atoms with van der Waals surface area (Å²) in [6.45, 7) is 0. The van der Waals surface area contributed by atoms with Crippen LogP contribution in [-0.4, -0.2) is 0 Å². The van der Waals surface area contributed by atoms with E-state index in [2.05, 4.69) is 205 Å². The van der Waals surface area contributed by atoms with Crippen molar-refractivity contribution in [2.45, 2.75) is 0 Å². The topological polar surface area (TPSA) is 3.24 Å². The van der Waals surface area contributed by atoms with Crippen LogP contribution in [0.25, 0.3) is 85.5 Å². The molecule has 0 spiro atoms. The van der Waals surface area contributed by atoms with E-state index in [1.54, 1.807) is 0 Å². The van der Waals surface area contributed by atoms with Crippen LogP contribution in [0.1, 0.15) is 0 Å². The molecule has 1 nitrogen and oxygen atoms in total. The van der Waals surface area contributed by atoms with Gasteiger partial charge in [-0.25, -0.2) is 0 Å². The molecule has 11 rings (SSSR count). The van der Waals surface area contributed by atoms with E-state index in [-0.39, 0.29) is 0 Å². The zero-order valence-electron chi connectivity index (χ0n) is 29.4. The number of hydrogen-bond acceptors (Lipinski definition) is 2. The van der Waals surface area contributed by atoms with Crippen LogP contribution in [0.3, 0.4) is 0 Å². The predicted molar refractivity (Wildman–Crippen MR) is 235 cm³/mol. The summed E-state index contributed by atoms with van der Waals surface area (Å²) in [6.07, 6.45) is 0. The Labute approximate surface area is 317 Å². The lowest BCUT2D eigenvalue weighted by molar-refractivity contribution is 1.30. The quantitative estimate of drug-likeness (QED) is 0.161. The van der Waals surface area contributed by atoms with Gasteiger partial charge in [0.25, 0.3) is 0 Å². The average molecular weight is 704 g/mol. The molecule has 11 aromatic rings. The molecule has 0 amide bonds. The lowest BCUT2D eigenvalue weighted by Crippen LogP contribution is -2.10.